The molecule has 0 unspecified atom stereocenters. The monoisotopic (exact) mass is 247 g/mol. The quantitative estimate of drug-likeness (QED) is 0.803. The van der Waals surface area contributed by atoms with Crippen molar-refractivity contribution < 1.29 is 4.74 Å². The van der Waals surface area contributed by atoms with Crippen LogP contribution >= 0.6 is 11.6 Å². The predicted octanol–water partition coefficient (Wildman–Crippen LogP) is 3.30. The van der Waals surface area contributed by atoms with Gasteiger partial charge in [0.1, 0.15) is 0 Å². The molecule has 0 bridgehead atoms. The molecule has 2 aliphatic rings. The summed E-state index contributed by atoms with van der Waals surface area (Å²) in [5, 5.41) is 10.3. The number of halogens is 1. The summed E-state index contributed by atoms with van der Waals surface area (Å²) in [6.45, 7) is 1.31. The molecule has 1 aliphatic carbocycles. The third-order valence-corrected chi connectivity index (χ3v) is 4.65. The molecule has 1 saturated heterocycles. The number of hydrogen-bond donors (Lipinski definition) is 0. The predicted molar refractivity (Wildman–Crippen MR) is 65.8 cm³/mol. The average molecular weight is 248 g/mol. The van der Waals surface area contributed by atoms with Crippen molar-refractivity contribution in [3.05, 3.63) is 34.9 Å². The summed E-state index contributed by atoms with van der Waals surface area (Å²) in [5.41, 5.74) is 0.818. The number of nitrogens with zero attached hydrogens (tertiary/aromatic N) is 1. The lowest BCUT2D eigenvalue weighted by molar-refractivity contribution is -0.134. The Morgan fingerprint density at radius 1 is 1.29 bits per heavy atom. The highest BCUT2D eigenvalue weighted by Crippen LogP contribution is 2.58. The molecule has 1 aliphatic heterocycles. The second-order valence-electron chi connectivity index (χ2n) is 5.13. The van der Waals surface area contributed by atoms with Crippen LogP contribution in [0.5, 0.6) is 0 Å². The smallest absolute Gasteiger partial charge is 0.0715 e. The molecule has 0 spiro atoms. The maximum atomic E-state index is 9.53. The molecular formula is C14H14ClNO. The molecule has 17 heavy (non-hydrogen) atoms. The molecule has 1 heterocycles. The van der Waals surface area contributed by atoms with Gasteiger partial charge in [-0.3, -0.25) is 0 Å². The largest absolute Gasteiger partial charge is 0.379 e. The molecule has 88 valence electrons. The molecule has 1 aromatic rings. The summed E-state index contributed by atoms with van der Waals surface area (Å²) in [5.74, 6) is 0. The molecule has 0 amide bonds. The van der Waals surface area contributed by atoms with Gasteiger partial charge in [-0.15, -0.1) is 0 Å². The molecular weight excluding hydrogens is 234 g/mol. The maximum Gasteiger partial charge on any atom is 0.0715 e. The first-order chi connectivity index (χ1) is 8.22. The summed E-state index contributed by atoms with van der Waals surface area (Å²) < 4.78 is 5.42. The van der Waals surface area contributed by atoms with Gasteiger partial charge in [0.2, 0.25) is 0 Å². The van der Waals surface area contributed by atoms with Crippen molar-refractivity contribution in [3.8, 4) is 6.07 Å². The Kier molecular flexibility index (Phi) is 2.43. The van der Waals surface area contributed by atoms with E-state index in [0.29, 0.717) is 13.2 Å². The van der Waals surface area contributed by atoms with Gasteiger partial charge < -0.3 is 4.74 Å². The first-order valence-electron chi connectivity index (χ1n) is 5.98. The molecule has 1 aromatic carbocycles. The van der Waals surface area contributed by atoms with Crippen LogP contribution in [-0.2, 0) is 10.2 Å². The van der Waals surface area contributed by atoms with E-state index in [4.69, 9.17) is 16.3 Å². The van der Waals surface area contributed by atoms with E-state index in [1.807, 2.05) is 18.2 Å². The van der Waals surface area contributed by atoms with Crippen LogP contribution < -0.4 is 0 Å². The number of ether oxygens (including phenoxy) is 1. The number of hydrogen-bond acceptors (Lipinski definition) is 2. The lowest BCUT2D eigenvalue weighted by atomic mass is 9.50. The molecule has 0 radical (unpaired) electrons. The van der Waals surface area contributed by atoms with Crippen molar-refractivity contribution in [2.75, 3.05) is 13.2 Å². The van der Waals surface area contributed by atoms with Gasteiger partial charge in [-0.2, -0.15) is 5.26 Å². The molecule has 0 N–H and O–H groups in total. The second-order valence-corrected chi connectivity index (χ2v) is 5.57. The van der Waals surface area contributed by atoms with Gasteiger partial charge >= 0.3 is 0 Å². The van der Waals surface area contributed by atoms with Crippen molar-refractivity contribution in [3.63, 3.8) is 0 Å². The van der Waals surface area contributed by atoms with Crippen LogP contribution in [0.1, 0.15) is 24.8 Å². The van der Waals surface area contributed by atoms with Gasteiger partial charge in [-0.05, 0) is 30.5 Å². The first kappa shape index (κ1) is 11.1. The van der Waals surface area contributed by atoms with Gasteiger partial charge in [-0.1, -0.05) is 30.2 Å². The van der Waals surface area contributed by atoms with Crippen molar-refractivity contribution in [2.24, 2.45) is 5.41 Å². The van der Waals surface area contributed by atoms with E-state index in [9.17, 15) is 5.26 Å². The molecule has 2 fully saturated rings. The third kappa shape index (κ3) is 1.36. The average Bonchev–Trinajstić information content (AvgIpc) is 2.20. The Morgan fingerprint density at radius 3 is 2.47 bits per heavy atom. The normalized spacial score (nSPS) is 24.2. The summed E-state index contributed by atoms with van der Waals surface area (Å²) in [4.78, 5) is 0. The van der Waals surface area contributed by atoms with Gasteiger partial charge in [0.05, 0.1) is 30.1 Å². The lowest BCUT2D eigenvalue weighted by Gasteiger charge is -2.56. The number of benzene rings is 1. The van der Waals surface area contributed by atoms with E-state index in [1.54, 1.807) is 0 Å². The van der Waals surface area contributed by atoms with Gasteiger partial charge in [0, 0.05) is 5.02 Å². The van der Waals surface area contributed by atoms with Gasteiger partial charge in [-0.25, -0.2) is 0 Å². The van der Waals surface area contributed by atoms with Crippen molar-refractivity contribution in [2.45, 2.75) is 24.7 Å². The van der Waals surface area contributed by atoms with Crippen LogP contribution in [0.25, 0.3) is 0 Å². The summed E-state index contributed by atoms with van der Waals surface area (Å²) in [6.07, 6.45) is 3.12. The van der Waals surface area contributed by atoms with Crippen LogP contribution in [-0.4, -0.2) is 13.2 Å². The van der Waals surface area contributed by atoms with Crippen LogP contribution in [0.2, 0.25) is 5.02 Å². The molecule has 0 atom stereocenters. The fraction of sp³-hybridized carbons (Fsp3) is 0.500. The van der Waals surface area contributed by atoms with Crippen LogP contribution in [0.15, 0.2) is 24.3 Å². The second kappa shape index (κ2) is 3.73. The molecule has 3 heteroatoms. The number of nitriles is 1. The zero-order valence-electron chi connectivity index (χ0n) is 9.58. The Labute approximate surface area is 106 Å². The molecule has 3 rings (SSSR count). The van der Waals surface area contributed by atoms with Gasteiger partial charge in [0.25, 0.3) is 0 Å². The topological polar surface area (TPSA) is 33.0 Å². The minimum Gasteiger partial charge on any atom is -0.379 e. The van der Waals surface area contributed by atoms with Crippen molar-refractivity contribution in [1.29, 1.82) is 5.26 Å². The molecule has 2 nitrogen and oxygen atoms in total. The Balaban J connectivity index is 2.06. The fourth-order valence-electron chi connectivity index (χ4n) is 3.04. The Hall–Kier alpha value is -1.04. The SMILES string of the molecule is N#CC1(C2(c3cccc(Cl)c3)COC2)CCC1. The lowest BCUT2D eigenvalue weighted by Crippen LogP contribution is -2.61. The Bertz CT molecular complexity index is 483. The first-order valence-corrected chi connectivity index (χ1v) is 6.35. The minimum absolute atomic E-state index is 0.120. The fourth-order valence-corrected chi connectivity index (χ4v) is 3.23. The van der Waals surface area contributed by atoms with Crippen molar-refractivity contribution >= 4 is 11.6 Å². The van der Waals surface area contributed by atoms with Gasteiger partial charge in [0.15, 0.2) is 0 Å². The van der Waals surface area contributed by atoms with Crippen LogP contribution in [0, 0.1) is 16.7 Å². The van der Waals surface area contributed by atoms with E-state index in [0.717, 1.165) is 29.8 Å². The Morgan fingerprint density at radius 2 is 2.06 bits per heavy atom. The van der Waals surface area contributed by atoms with E-state index >= 15 is 0 Å². The van der Waals surface area contributed by atoms with Crippen LogP contribution in [0.4, 0.5) is 0 Å². The zero-order valence-corrected chi connectivity index (χ0v) is 10.3. The summed E-state index contributed by atoms with van der Waals surface area (Å²) >= 11 is 6.06. The van der Waals surface area contributed by atoms with Crippen molar-refractivity contribution in [1.82, 2.24) is 0 Å². The maximum absolute atomic E-state index is 9.53. The van der Waals surface area contributed by atoms with E-state index in [2.05, 4.69) is 12.1 Å². The van der Waals surface area contributed by atoms with E-state index in [-0.39, 0.29) is 10.8 Å². The van der Waals surface area contributed by atoms with Crippen LogP contribution in [0.3, 0.4) is 0 Å². The van der Waals surface area contributed by atoms with E-state index in [1.165, 1.54) is 0 Å². The number of rotatable bonds is 2. The highest BCUT2D eigenvalue weighted by molar-refractivity contribution is 6.30. The molecule has 1 saturated carbocycles. The standard InChI is InChI=1S/C14H14ClNO/c15-12-4-1-3-11(7-12)14(9-17-10-14)13(8-16)5-2-6-13/h1,3-4,7H,2,5-6,9-10H2. The highest BCUT2D eigenvalue weighted by atomic mass is 35.5. The summed E-state index contributed by atoms with van der Waals surface area (Å²) in [7, 11) is 0. The zero-order chi connectivity index (χ0) is 11.9. The minimum atomic E-state index is -0.226. The van der Waals surface area contributed by atoms with E-state index < -0.39 is 0 Å². The third-order valence-electron chi connectivity index (χ3n) is 4.41. The highest BCUT2D eigenvalue weighted by Gasteiger charge is 2.60. The molecule has 0 aromatic heterocycles. The summed E-state index contributed by atoms with van der Waals surface area (Å²) in [6, 6.07) is 10.4.